The zero-order valence-electron chi connectivity index (χ0n) is 36.0. The van der Waals surface area contributed by atoms with Crippen molar-refractivity contribution in [3.8, 4) is 0 Å². The van der Waals surface area contributed by atoms with Gasteiger partial charge in [0.15, 0.2) is 0 Å². The number of allylic oxidation sites excluding steroid dienone is 1. The zero-order chi connectivity index (χ0) is 39.7. The molecule has 0 spiro atoms. The third kappa shape index (κ3) is 18.7. The van der Waals surface area contributed by atoms with Gasteiger partial charge in [-0.25, -0.2) is 0 Å². The van der Waals surface area contributed by atoms with E-state index in [1.54, 1.807) is 6.20 Å². The second-order valence-corrected chi connectivity index (χ2v) is 14.5. The first-order valence-corrected chi connectivity index (χ1v) is 20.2. The van der Waals surface area contributed by atoms with E-state index in [1.165, 1.54) is 65.4 Å². The SMILES string of the molecule is C.C=CN(CC)c1ccc(NC(=CCC)Nc2cc(C(C)(C)C)ccc2CC)c2ccccc12.C=CN=C(C)C(C)C.CC.CCCCCC(C)CC. The van der Waals surface area contributed by atoms with Crippen molar-refractivity contribution in [3.05, 3.63) is 103 Å². The Labute approximate surface area is 329 Å². The molecule has 0 saturated heterocycles. The number of aliphatic imine (C=N–C) groups is 1. The van der Waals surface area contributed by atoms with Gasteiger partial charge in [-0.3, -0.25) is 4.99 Å². The molecular weight excluding hydrogens is 645 g/mol. The molecule has 3 rings (SSSR count). The average molecular weight is 727 g/mol. The third-order valence-electron chi connectivity index (χ3n) is 9.20. The number of unbranched alkanes of at least 4 members (excludes halogenated alkanes) is 2. The number of anilines is 3. The Morgan fingerprint density at radius 2 is 1.47 bits per heavy atom. The lowest BCUT2D eigenvalue weighted by molar-refractivity contribution is 0.482. The highest BCUT2D eigenvalue weighted by molar-refractivity contribution is 6.02. The number of hydrogen-bond acceptors (Lipinski definition) is 4. The highest BCUT2D eigenvalue weighted by atomic mass is 15.1. The number of nitrogens with zero attached hydrogens (tertiary/aromatic N) is 2. The lowest BCUT2D eigenvalue weighted by Crippen LogP contribution is -2.16. The van der Waals surface area contributed by atoms with Crippen molar-refractivity contribution >= 4 is 33.5 Å². The largest absolute Gasteiger partial charge is 0.348 e. The van der Waals surface area contributed by atoms with Crippen LogP contribution in [0.3, 0.4) is 0 Å². The first-order valence-electron chi connectivity index (χ1n) is 20.2. The van der Waals surface area contributed by atoms with Crippen molar-refractivity contribution in [1.82, 2.24) is 0 Å². The molecule has 1 atom stereocenters. The first-order chi connectivity index (χ1) is 24.8. The van der Waals surface area contributed by atoms with Crippen LogP contribution in [0.4, 0.5) is 17.1 Å². The first kappa shape index (κ1) is 51.3. The van der Waals surface area contributed by atoms with Crippen LogP contribution < -0.4 is 15.5 Å². The molecule has 1 unspecified atom stereocenters. The van der Waals surface area contributed by atoms with Crippen LogP contribution in [0.2, 0.25) is 0 Å². The molecule has 0 aliphatic carbocycles. The van der Waals surface area contributed by atoms with E-state index in [0.717, 1.165) is 42.5 Å². The Hall–Kier alpha value is -3.79. The highest BCUT2D eigenvalue weighted by Gasteiger charge is 2.16. The summed E-state index contributed by atoms with van der Waals surface area (Å²) in [5.74, 6) is 2.51. The van der Waals surface area contributed by atoms with Gasteiger partial charge < -0.3 is 15.5 Å². The fourth-order valence-corrected chi connectivity index (χ4v) is 5.38. The standard InChI is InChI=1S/C30H39N3.C9H20.C7H13N.C2H6.CH4/c1-8-14-29(32-27-21-23(30(5,6)7)18-17-22(27)9-2)31-26-19-20-28(33(10-3)11-4)25-16-13-12-15-24(25)26;1-4-6-7-8-9(3)5-2;1-5-8-7(4)6(2)3;1-2;/h10,12-21,31-32H,3,8-9,11H2,1-2,4-7H3;9H,4-8H2,1-3H3;5-6H,1H2,2-4H3;1-2H3;1H4. The van der Waals surface area contributed by atoms with Crippen molar-refractivity contribution < 1.29 is 0 Å². The van der Waals surface area contributed by atoms with Crippen molar-refractivity contribution in [2.24, 2.45) is 16.8 Å². The van der Waals surface area contributed by atoms with E-state index in [-0.39, 0.29) is 12.8 Å². The molecule has 0 fully saturated rings. The van der Waals surface area contributed by atoms with Gasteiger partial charge in [-0.15, -0.1) is 0 Å². The van der Waals surface area contributed by atoms with Crippen LogP contribution in [0.15, 0.2) is 97.0 Å². The number of benzene rings is 3. The molecule has 4 heteroatoms. The number of rotatable bonds is 16. The van der Waals surface area contributed by atoms with Gasteiger partial charge in [-0.1, -0.05) is 172 Å². The highest BCUT2D eigenvalue weighted by Crippen LogP contribution is 2.34. The Morgan fingerprint density at radius 3 is 1.94 bits per heavy atom. The van der Waals surface area contributed by atoms with Gasteiger partial charge in [-0.2, -0.15) is 0 Å². The Kier molecular flexibility index (Phi) is 27.8. The van der Waals surface area contributed by atoms with Gasteiger partial charge in [0.2, 0.25) is 0 Å². The van der Waals surface area contributed by atoms with Crippen LogP contribution in [0.25, 0.3) is 10.8 Å². The molecule has 0 bridgehead atoms. The molecule has 3 aromatic rings. The van der Waals surface area contributed by atoms with Crippen LogP contribution >= 0.6 is 0 Å². The number of hydrogen-bond donors (Lipinski definition) is 2. The van der Waals surface area contributed by atoms with Gasteiger partial charge in [-0.05, 0) is 85.5 Å². The molecule has 298 valence electrons. The van der Waals surface area contributed by atoms with Crippen LogP contribution in [-0.2, 0) is 11.8 Å². The minimum Gasteiger partial charge on any atom is -0.348 e. The normalized spacial score (nSPS) is 11.8. The molecule has 0 aromatic heterocycles. The van der Waals surface area contributed by atoms with Crippen molar-refractivity contribution in [1.29, 1.82) is 0 Å². The molecular formula is C49H82N4. The maximum absolute atomic E-state index is 4.00. The van der Waals surface area contributed by atoms with Crippen molar-refractivity contribution in [2.45, 2.75) is 155 Å². The second-order valence-electron chi connectivity index (χ2n) is 14.5. The fraction of sp³-hybridized carbons (Fsp3) is 0.531. The van der Waals surface area contributed by atoms with E-state index >= 15 is 0 Å². The Balaban J connectivity index is 0. The fourth-order valence-electron chi connectivity index (χ4n) is 5.38. The summed E-state index contributed by atoms with van der Waals surface area (Å²) in [6.45, 7) is 38.8. The third-order valence-corrected chi connectivity index (χ3v) is 9.20. The van der Waals surface area contributed by atoms with Gasteiger partial charge in [0, 0.05) is 46.3 Å². The van der Waals surface area contributed by atoms with Crippen molar-refractivity contribution in [2.75, 3.05) is 22.1 Å². The summed E-state index contributed by atoms with van der Waals surface area (Å²) in [4.78, 5) is 6.18. The molecule has 3 aromatic carbocycles. The van der Waals surface area contributed by atoms with Gasteiger partial charge in [0.1, 0.15) is 5.82 Å². The molecule has 0 aliphatic rings. The van der Waals surface area contributed by atoms with E-state index in [9.17, 15) is 0 Å². The zero-order valence-corrected chi connectivity index (χ0v) is 36.0. The Morgan fingerprint density at radius 1 is 0.849 bits per heavy atom. The quantitative estimate of drug-likeness (QED) is 0.114. The predicted octanol–water partition coefficient (Wildman–Crippen LogP) is 16.0. The number of aryl methyl sites for hydroxylation is 1. The molecule has 0 heterocycles. The summed E-state index contributed by atoms with van der Waals surface area (Å²) in [7, 11) is 0. The minimum absolute atomic E-state index is 0. The van der Waals surface area contributed by atoms with E-state index in [4.69, 9.17) is 0 Å². The smallest absolute Gasteiger partial charge is 0.103 e. The summed E-state index contributed by atoms with van der Waals surface area (Å²) in [5.41, 5.74) is 7.32. The maximum atomic E-state index is 4.00. The summed E-state index contributed by atoms with van der Waals surface area (Å²) in [5, 5.41) is 9.80. The lowest BCUT2D eigenvalue weighted by atomic mass is 9.86. The molecule has 2 N–H and O–H groups in total. The molecule has 0 radical (unpaired) electrons. The summed E-state index contributed by atoms with van der Waals surface area (Å²) >= 11 is 0. The lowest BCUT2D eigenvalue weighted by Gasteiger charge is -2.24. The number of fused-ring (bicyclic) bond motifs is 1. The minimum atomic E-state index is 0. The van der Waals surface area contributed by atoms with Crippen LogP contribution in [-0.4, -0.2) is 12.3 Å². The predicted molar refractivity (Wildman–Crippen MR) is 247 cm³/mol. The monoisotopic (exact) mass is 727 g/mol. The maximum Gasteiger partial charge on any atom is 0.103 e. The van der Waals surface area contributed by atoms with E-state index in [2.05, 4.69) is 171 Å². The van der Waals surface area contributed by atoms with Gasteiger partial charge in [0.25, 0.3) is 0 Å². The second kappa shape index (κ2) is 28.7. The van der Waals surface area contributed by atoms with Crippen molar-refractivity contribution in [3.63, 3.8) is 0 Å². The summed E-state index contributed by atoms with van der Waals surface area (Å²) < 4.78 is 0. The van der Waals surface area contributed by atoms with Gasteiger partial charge >= 0.3 is 0 Å². The molecule has 0 saturated carbocycles. The molecule has 0 amide bonds. The summed E-state index contributed by atoms with van der Waals surface area (Å²) in [6.07, 6.45) is 14.6. The number of nitrogens with one attached hydrogen (secondary N) is 2. The molecule has 0 aliphatic heterocycles. The van der Waals surface area contributed by atoms with E-state index in [1.807, 2.05) is 27.0 Å². The van der Waals surface area contributed by atoms with E-state index < -0.39 is 0 Å². The van der Waals surface area contributed by atoms with Crippen LogP contribution in [0, 0.1) is 11.8 Å². The molecule has 53 heavy (non-hydrogen) atoms. The topological polar surface area (TPSA) is 39.7 Å². The average Bonchev–Trinajstić information content (AvgIpc) is 3.14. The Bertz CT molecular complexity index is 1490. The molecule has 4 nitrogen and oxygen atoms in total. The van der Waals surface area contributed by atoms with E-state index in [0.29, 0.717) is 5.92 Å². The van der Waals surface area contributed by atoms with Crippen LogP contribution in [0.1, 0.15) is 154 Å². The van der Waals surface area contributed by atoms with Gasteiger partial charge in [0.05, 0.1) is 0 Å². The summed E-state index contributed by atoms with van der Waals surface area (Å²) in [6, 6.07) is 19.7. The van der Waals surface area contributed by atoms with Crippen LogP contribution in [0.5, 0.6) is 0 Å².